The summed E-state index contributed by atoms with van der Waals surface area (Å²) in [4.78, 5) is 13.6. The number of amides is 1. The topological polar surface area (TPSA) is 76.4 Å². The third-order valence-corrected chi connectivity index (χ3v) is 2.67. The summed E-state index contributed by atoms with van der Waals surface area (Å²) in [5.41, 5.74) is 1.39. The number of aliphatic hydroxyl groups is 1. The largest absolute Gasteiger partial charge is 0.395 e. The van der Waals surface area contributed by atoms with E-state index in [2.05, 4.69) is 5.32 Å². The van der Waals surface area contributed by atoms with Crippen molar-refractivity contribution in [1.29, 1.82) is 5.26 Å². The van der Waals surface area contributed by atoms with Crippen LogP contribution < -0.4 is 5.32 Å². The van der Waals surface area contributed by atoms with Crippen LogP contribution >= 0.6 is 0 Å². The highest BCUT2D eigenvalue weighted by molar-refractivity contribution is 5.80. The van der Waals surface area contributed by atoms with Crippen molar-refractivity contribution in [2.24, 2.45) is 0 Å². The molecular weight excluding hydrogens is 242 g/mol. The van der Waals surface area contributed by atoms with Gasteiger partial charge >= 0.3 is 0 Å². The first-order valence-electron chi connectivity index (χ1n) is 6.34. The summed E-state index contributed by atoms with van der Waals surface area (Å²) in [6.07, 6.45) is 0.864. The third kappa shape index (κ3) is 4.98. The molecular formula is C14H19N3O2. The second kappa shape index (κ2) is 8.11. The van der Waals surface area contributed by atoms with Gasteiger partial charge in [0.15, 0.2) is 0 Å². The highest BCUT2D eigenvalue weighted by Gasteiger charge is 2.11. The molecule has 0 aromatic heterocycles. The summed E-state index contributed by atoms with van der Waals surface area (Å²) in [6.45, 7) is 3.16. The van der Waals surface area contributed by atoms with Crippen molar-refractivity contribution in [1.82, 2.24) is 4.90 Å². The molecule has 1 aromatic rings. The van der Waals surface area contributed by atoms with E-state index in [0.717, 1.165) is 12.1 Å². The molecule has 2 N–H and O–H groups in total. The highest BCUT2D eigenvalue weighted by atomic mass is 16.3. The summed E-state index contributed by atoms with van der Waals surface area (Å²) in [6, 6.07) is 8.97. The van der Waals surface area contributed by atoms with Gasteiger partial charge in [0.2, 0.25) is 5.91 Å². The van der Waals surface area contributed by atoms with Crippen LogP contribution in [0.1, 0.15) is 18.9 Å². The average Bonchev–Trinajstić information content (AvgIpc) is 2.45. The Bertz CT molecular complexity index is 431. The number of carbonyl (C=O) groups excluding carboxylic acids is 1. The van der Waals surface area contributed by atoms with E-state index < -0.39 is 0 Å². The summed E-state index contributed by atoms with van der Waals surface area (Å²) >= 11 is 0. The van der Waals surface area contributed by atoms with Gasteiger partial charge in [0.25, 0.3) is 0 Å². The summed E-state index contributed by atoms with van der Waals surface area (Å²) in [5, 5.41) is 20.6. The summed E-state index contributed by atoms with van der Waals surface area (Å²) in [5.74, 6) is -0.0414. The highest BCUT2D eigenvalue weighted by Crippen LogP contribution is 2.08. The SMILES string of the molecule is CCCN(CCO)C(=O)CNc1ccc(C#N)cc1. The van der Waals surface area contributed by atoms with Gasteiger partial charge in [-0.2, -0.15) is 5.26 Å². The number of nitriles is 1. The smallest absolute Gasteiger partial charge is 0.241 e. The van der Waals surface area contributed by atoms with Crippen molar-refractivity contribution in [3.05, 3.63) is 29.8 Å². The Balaban J connectivity index is 2.49. The van der Waals surface area contributed by atoms with Crippen molar-refractivity contribution < 1.29 is 9.90 Å². The molecule has 0 unspecified atom stereocenters. The molecule has 0 fully saturated rings. The van der Waals surface area contributed by atoms with Crippen LogP contribution in [0, 0.1) is 11.3 Å². The number of aliphatic hydroxyl groups excluding tert-OH is 1. The Kier molecular flexibility index (Phi) is 6.41. The maximum atomic E-state index is 11.9. The van der Waals surface area contributed by atoms with E-state index >= 15 is 0 Å². The van der Waals surface area contributed by atoms with Crippen LogP contribution in [-0.2, 0) is 4.79 Å². The van der Waals surface area contributed by atoms with Crippen LogP contribution in [0.3, 0.4) is 0 Å². The lowest BCUT2D eigenvalue weighted by Crippen LogP contribution is -2.38. The van der Waals surface area contributed by atoms with E-state index in [9.17, 15) is 4.79 Å². The molecule has 1 amide bonds. The second-order valence-electron chi connectivity index (χ2n) is 4.15. The van der Waals surface area contributed by atoms with Crippen molar-refractivity contribution >= 4 is 11.6 Å². The normalized spacial score (nSPS) is 9.74. The van der Waals surface area contributed by atoms with Crippen molar-refractivity contribution in [3.63, 3.8) is 0 Å². The Labute approximate surface area is 113 Å². The van der Waals surface area contributed by atoms with Gasteiger partial charge < -0.3 is 15.3 Å². The molecule has 1 rings (SSSR count). The van der Waals surface area contributed by atoms with Gasteiger partial charge in [-0.1, -0.05) is 6.92 Å². The standard InChI is InChI=1S/C14H19N3O2/c1-2-7-17(8-9-18)14(19)11-16-13-5-3-12(10-15)4-6-13/h3-6,16,18H,2,7-9,11H2,1H3. The molecule has 0 aliphatic rings. The number of carbonyl (C=O) groups is 1. The Morgan fingerprint density at radius 3 is 2.58 bits per heavy atom. The van der Waals surface area contributed by atoms with E-state index in [0.29, 0.717) is 18.7 Å². The zero-order valence-electron chi connectivity index (χ0n) is 11.1. The molecule has 0 radical (unpaired) electrons. The monoisotopic (exact) mass is 261 g/mol. The fraction of sp³-hybridized carbons (Fsp3) is 0.429. The lowest BCUT2D eigenvalue weighted by atomic mass is 10.2. The van der Waals surface area contributed by atoms with Crippen LogP contribution in [0.4, 0.5) is 5.69 Å². The van der Waals surface area contributed by atoms with Crippen molar-refractivity contribution in [2.75, 3.05) is 31.6 Å². The molecule has 0 heterocycles. The molecule has 1 aromatic carbocycles. The summed E-state index contributed by atoms with van der Waals surface area (Å²) in [7, 11) is 0. The van der Waals surface area contributed by atoms with Crippen LogP contribution in [0.2, 0.25) is 0 Å². The summed E-state index contributed by atoms with van der Waals surface area (Å²) < 4.78 is 0. The van der Waals surface area contributed by atoms with E-state index in [4.69, 9.17) is 10.4 Å². The van der Waals surface area contributed by atoms with Crippen molar-refractivity contribution in [3.8, 4) is 6.07 Å². The molecule has 102 valence electrons. The predicted molar refractivity (Wildman–Crippen MR) is 73.6 cm³/mol. The molecule has 5 heteroatoms. The lowest BCUT2D eigenvalue weighted by molar-refractivity contribution is -0.129. The molecule has 0 aliphatic carbocycles. The zero-order valence-corrected chi connectivity index (χ0v) is 11.1. The number of hydrogen-bond acceptors (Lipinski definition) is 4. The fourth-order valence-corrected chi connectivity index (χ4v) is 1.70. The zero-order chi connectivity index (χ0) is 14.1. The van der Waals surface area contributed by atoms with Crippen LogP contribution in [0.5, 0.6) is 0 Å². The van der Waals surface area contributed by atoms with Gasteiger partial charge in [0, 0.05) is 18.8 Å². The number of hydrogen-bond donors (Lipinski definition) is 2. The average molecular weight is 261 g/mol. The number of benzene rings is 1. The van der Waals surface area contributed by atoms with Gasteiger partial charge in [-0.15, -0.1) is 0 Å². The minimum Gasteiger partial charge on any atom is -0.395 e. The molecule has 0 saturated heterocycles. The maximum absolute atomic E-state index is 11.9. The minimum atomic E-state index is -0.0414. The number of nitrogens with zero attached hydrogens (tertiary/aromatic N) is 2. The number of rotatable bonds is 7. The third-order valence-electron chi connectivity index (χ3n) is 2.67. The minimum absolute atomic E-state index is 0.0252. The Morgan fingerprint density at radius 2 is 2.05 bits per heavy atom. The van der Waals surface area contributed by atoms with Gasteiger partial charge in [-0.25, -0.2) is 0 Å². The lowest BCUT2D eigenvalue weighted by Gasteiger charge is -2.21. The van der Waals surface area contributed by atoms with Gasteiger partial charge in [-0.3, -0.25) is 4.79 Å². The molecule has 0 bridgehead atoms. The first-order valence-corrected chi connectivity index (χ1v) is 6.34. The molecule has 5 nitrogen and oxygen atoms in total. The maximum Gasteiger partial charge on any atom is 0.241 e. The molecule has 0 atom stereocenters. The Morgan fingerprint density at radius 1 is 1.37 bits per heavy atom. The predicted octanol–water partition coefficient (Wildman–Crippen LogP) is 1.20. The number of nitrogens with one attached hydrogen (secondary N) is 1. The van der Waals surface area contributed by atoms with Crippen LogP contribution in [0.15, 0.2) is 24.3 Å². The van der Waals surface area contributed by atoms with E-state index in [1.165, 1.54) is 0 Å². The van der Waals surface area contributed by atoms with Crippen LogP contribution in [0.25, 0.3) is 0 Å². The van der Waals surface area contributed by atoms with E-state index in [1.54, 1.807) is 29.2 Å². The quantitative estimate of drug-likeness (QED) is 0.773. The van der Waals surface area contributed by atoms with E-state index in [-0.39, 0.29) is 19.1 Å². The van der Waals surface area contributed by atoms with Gasteiger partial charge in [-0.05, 0) is 30.7 Å². The van der Waals surface area contributed by atoms with Crippen molar-refractivity contribution in [2.45, 2.75) is 13.3 Å². The first kappa shape index (κ1) is 15.0. The van der Waals surface area contributed by atoms with Gasteiger partial charge in [0.1, 0.15) is 0 Å². The molecule has 0 aliphatic heterocycles. The number of anilines is 1. The first-order chi connectivity index (χ1) is 9.21. The second-order valence-corrected chi connectivity index (χ2v) is 4.15. The van der Waals surface area contributed by atoms with Crippen LogP contribution in [-0.4, -0.2) is 42.2 Å². The fourth-order valence-electron chi connectivity index (χ4n) is 1.70. The molecule has 0 saturated carbocycles. The molecule has 0 spiro atoms. The molecule has 19 heavy (non-hydrogen) atoms. The van der Waals surface area contributed by atoms with E-state index in [1.807, 2.05) is 13.0 Å². The Hall–Kier alpha value is -2.06. The van der Waals surface area contributed by atoms with Gasteiger partial charge in [0.05, 0.1) is 24.8 Å².